The van der Waals surface area contributed by atoms with Crippen molar-refractivity contribution in [3.8, 4) is 0 Å². The highest BCUT2D eigenvalue weighted by Crippen LogP contribution is 2.33. The van der Waals surface area contributed by atoms with E-state index in [2.05, 4.69) is 45.5 Å². The Morgan fingerprint density at radius 3 is 2.94 bits per heavy atom. The van der Waals surface area contributed by atoms with E-state index in [0.717, 1.165) is 23.2 Å². The summed E-state index contributed by atoms with van der Waals surface area (Å²) in [4.78, 5) is 0. The van der Waals surface area contributed by atoms with Crippen molar-refractivity contribution in [2.24, 2.45) is 0 Å². The molecule has 2 nitrogen and oxygen atoms in total. The molecule has 0 bridgehead atoms. The molecule has 1 aliphatic heterocycles. The third-order valence-corrected chi connectivity index (χ3v) is 3.73. The largest absolute Gasteiger partial charge is 0.469 e. The van der Waals surface area contributed by atoms with Crippen LogP contribution in [-0.4, -0.2) is 6.54 Å². The monoisotopic (exact) mass is 277 g/mol. The molecule has 1 unspecified atom stereocenters. The Morgan fingerprint density at radius 1 is 1.19 bits per heavy atom. The lowest BCUT2D eigenvalue weighted by Crippen LogP contribution is -2.29. The van der Waals surface area contributed by atoms with Crippen molar-refractivity contribution in [3.63, 3.8) is 0 Å². The number of rotatable bonds is 1. The first-order valence-electron chi connectivity index (χ1n) is 5.40. The van der Waals surface area contributed by atoms with E-state index in [9.17, 15) is 0 Å². The molecule has 1 aromatic carbocycles. The molecule has 1 aromatic heterocycles. The summed E-state index contributed by atoms with van der Waals surface area (Å²) in [7, 11) is 0. The van der Waals surface area contributed by atoms with Gasteiger partial charge in [-0.05, 0) is 17.7 Å². The van der Waals surface area contributed by atoms with E-state index >= 15 is 0 Å². The summed E-state index contributed by atoms with van der Waals surface area (Å²) in [5.41, 5.74) is 2.53. The molecule has 0 aliphatic carbocycles. The topological polar surface area (TPSA) is 25.2 Å². The predicted molar refractivity (Wildman–Crippen MR) is 66.4 cm³/mol. The lowest BCUT2D eigenvalue weighted by Gasteiger charge is -2.24. The summed E-state index contributed by atoms with van der Waals surface area (Å²) in [5.74, 6) is 1.11. The Kier molecular flexibility index (Phi) is 2.58. The lowest BCUT2D eigenvalue weighted by atomic mass is 9.95. The van der Waals surface area contributed by atoms with E-state index in [1.165, 1.54) is 11.1 Å². The SMILES string of the molecule is Brc1ccccc1C1NCCc2occc21. The van der Waals surface area contributed by atoms with E-state index < -0.39 is 0 Å². The Hall–Kier alpha value is -1.06. The maximum Gasteiger partial charge on any atom is 0.110 e. The molecular weight excluding hydrogens is 266 g/mol. The Bertz CT molecular complexity index is 506. The number of benzene rings is 1. The van der Waals surface area contributed by atoms with Gasteiger partial charge >= 0.3 is 0 Å². The molecule has 0 spiro atoms. The number of nitrogens with one attached hydrogen (secondary N) is 1. The van der Waals surface area contributed by atoms with Crippen molar-refractivity contribution < 1.29 is 4.42 Å². The Balaban J connectivity index is 2.08. The molecule has 82 valence electrons. The molecule has 16 heavy (non-hydrogen) atoms. The zero-order valence-corrected chi connectivity index (χ0v) is 10.3. The van der Waals surface area contributed by atoms with Crippen LogP contribution in [0.2, 0.25) is 0 Å². The third-order valence-electron chi connectivity index (χ3n) is 3.01. The highest BCUT2D eigenvalue weighted by Gasteiger charge is 2.24. The fraction of sp³-hybridized carbons (Fsp3) is 0.231. The van der Waals surface area contributed by atoms with Crippen molar-refractivity contribution in [2.75, 3.05) is 6.54 Å². The van der Waals surface area contributed by atoms with Crippen molar-refractivity contribution in [3.05, 3.63) is 58.0 Å². The molecule has 1 atom stereocenters. The average Bonchev–Trinajstić information content (AvgIpc) is 2.77. The van der Waals surface area contributed by atoms with Crippen LogP contribution in [0.5, 0.6) is 0 Å². The van der Waals surface area contributed by atoms with Crippen LogP contribution in [0.1, 0.15) is 22.9 Å². The fourth-order valence-corrected chi connectivity index (χ4v) is 2.75. The van der Waals surface area contributed by atoms with Crippen molar-refractivity contribution in [1.82, 2.24) is 5.32 Å². The van der Waals surface area contributed by atoms with Gasteiger partial charge in [-0.3, -0.25) is 0 Å². The second-order valence-corrected chi connectivity index (χ2v) is 4.81. The first-order chi connectivity index (χ1) is 7.86. The summed E-state index contributed by atoms with van der Waals surface area (Å²) in [6.07, 6.45) is 2.75. The molecule has 0 saturated heterocycles. The van der Waals surface area contributed by atoms with Gasteiger partial charge in [0.2, 0.25) is 0 Å². The number of halogens is 1. The maximum absolute atomic E-state index is 5.49. The fourth-order valence-electron chi connectivity index (χ4n) is 2.24. The van der Waals surface area contributed by atoms with Crippen molar-refractivity contribution >= 4 is 15.9 Å². The van der Waals surface area contributed by atoms with Gasteiger partial charge in [0, 0.05) is 23.0 Å². The van der Waals surface area contributed by atoms with E-state index in [1.54, 1.807) is 6.26 Å². The average molecular weight is 278 g/mol. The van der Waals surface area contributed by atoms with E-state index in [0.29, 0.717) is 0 Å². The first-order valence-corrected chi connectivity index (χ1v) is 6.19. The second-order valence-electron chi connectivity index (χ2n) is 3.96. The molecule has 3 rings (SSSR count). The van der Waals surface area contributed by atoms with Gasteiger partial charge in [0.05, 0.1) is 12.3 Å². The van der Waals surface area contributed by atoms with Crippen LogP contribution in [0.3, 0.4) is 0 Å². The summed E-state index contributed by atoms with van der Waals surface area (Å²) >= 11 is 3.60. The molecule has 1 aliphatic rings. The van der Waals surface area contributed by atoms with Crippen molar-refractivity contribution in [1.29, 1.82) is 0 Å². The zero-order chi connectivity index (χ0) is 11.0. The van der Waals surface area contributed by atoms with Crippen LogP contribution in [0, 0.1) is 0 Å². The van der Waals surface area contributed by atoms with Crippen LogP contribution in [0.4, 0.5) is 0 Å². The third kappa shape index (κ3) is 1.60. The first kappa shape index (κ1) is 10.1. The van der Waals surface area contributed by atoms with Gasteiger partial charge in [-0.15, -0.1) is 0 Å². The van der Waals surface area contributed by atoms with Gasteiger partial charge in [-0.25, -0.2) is 0 Å². The second kappa shape index (κ2) is 4.07. The van der Waals surface area contributed by atoms with Gasteiger partial charge in [0.25, 0.3) is 0 Å². The van der Waals surface area contributed by atoms with Crippen LogP contribution >= 0.6 is 15.9 Å². The number of hydrogen-bond acceptors (Lipinski definition) is 2. The van der Waals surface area contributed by atoms with Gasteiger partial charge < -0.3 is 9.73 Å². The minimum Gasteiger partial charge on any atom is -0.469 e. The van der Waals surface area contributed by atoms with Crippen LogP contribution in [0.15, 0.2) is 45.5 Å². The molecule has 2 aromatic rings. The highest BCUT2D eigenvalue weighted by atomic mass is 79.9. The Labute approximate surface area is 103 Å². The standard InChI is InChI=1S/C13H12BrNO/c14-11-4-2-1-3-9(11)13-10-6-8-16-12(10)5-7-15-13/h1-4,6,8,13,15H,5,7H2. The molecule has 3 heteroatoms. The van der Waals surface area contributed by atoms with Crippen LogP contribution < -0.4 is 5.32 Å². The van der Waals surface area contributed by atoms with Gasteiger partial charge in [0.1, 0.15) is 5.76 Å². The quantitative estimate of drug-likeness (QED) is 0.866. The van der Waals surface area contributed by atoms with Crippen molar-refractivity contribution in [2.45, 2.75) is 12.5 Å². The molecule has 2 heterocycles. The number of hydrogen-bond donors (Lipinski definition) is 1. The van der Waals surface area contributed by atoms with E-state index in [4.69, 9.17) is 4.42 Å². The Morgan fingerprint density at radius 2 is 2.06 bits per heavy atom. The van der Waals surface area contributed by atoms with Crippen LogP contribution in [-0.2, 0) is 6.42 Å². The summed E-state index contributed by atoms with van der Waals surface area (Å²) < 4.78 is 6.63. The number of furan rings is 1. The van der Waals surface area contributed by atoms with Gasteiger partial charge in [-0.2, -0.15) is 0 Å². The summed E-state index contributed by atoms with van der Waals surface area (Å²) in [6, 6.07) is 10.6. The lowest BCUT2D eigenvalue weighted by molar-refractivity contribution is 0.455. The summed E-state index contributed by atoms with van der Waals surface area (Å²) in [5, 5.41) is 3.53. The molecule has 0 fully saturated rings. The molecular formula is C13H12BrNO. The van der Waals surface area contributed by atoms with E-state index in [1.807, 2.05) is 6.07 Å². The zero-order valence-electron chi connectivity index (χ0n) is 8.74. The smallest absolute Gasteiger partial charge is 0.110 e. The minimum absolute atomic E-state index is 0.248. The highest BCUT2D eigenvalue weighted by molar-refractivity contribution is 9.10. The van der Waals surface area contributed by atoms with E-state index in [-0.39, 0.29) is 6.04 Å². The maximum atomic E-state index is 5.49. The molecule has 1 N–H and O–H groups in total. The molecule has 0 amide bonds. The van der Waals surface area contributed by atoms with Crippen LogP contribution in [0.25, 0.3) is 0 Å². The molecule has 0 radical (unpaired) electrons. The normalized spacial score (nSPS) is 19.4. The van der Waals surface area contributed by atoms with Gasteiger partial charge in [0.15, 0.2) is 0 Å². The summed E-state index contributed by atoms with van der Waals surface area (Å²) in [6.45, 7) is 0.965. The number of fused-ring (bicyclic) bond motifs is 1. The minimum atomic E-state index is 0.248. The predicted octanol–water partition coefficient (Wildman–Crippen LogP) is 3.28. The van der Waals surface area contributed by atoms with Gasteiger partial charge in [-0.1, -0.05) is 34.1 Å². The molecule has 0 saturated carbocycles.